The molecule has 1 N–H and O–H groups in total. The van der Waals surface area contributed by atoms with Gasteiger partial charge < -0.3 is 10.2 Å². The number of halogens is 1. The minimum absolute atomic E-state index is 0.0227. The van der Waals surface area contributed by atoms with Crippen molar-refractivity contribution in [2.75, 3.05) is 20.1 Å². The molecule has 4 nitrogen and oxygen atoms in total. The van der Waals surface area contributed by atoms with E-state index in [1.54, 1.807) is 19.2 Å². The Morgan fingerprint density at radius 3 is 2.53 bits per heavy atom. The number of alkyl halides is 1. The number of hydrogen-bond donors (Lipinski definition) is 1. The van der Waals surface area contributed by atoms with E-state index in [-0.39, 0.29) is 18.4 Å². The van der Waals surface area contributed by atoms with Crippen LogP contribution in [0.15, 0.2) is 30.3 Å². The summed E-state index contributed by atoms with van der Waals surface area (Å²) in [6.07, 6.45) is 0.867. The van der Waals surface area contributed by atoms with E-state index in [4.69, 9.17) is 11.6 Å². The summed E-state index contributed by atoms with van der Waals surface area (Å²) in [7, 11) is 1.58. The Bertz CT molecular complexity index is 423. The fourth-order valence-corrected chi connectivity index (χ4v) is 1.88. The Balaban J connectivity index is 2.55. The summed E-state index contributed by atoms with van der Waals surface area (Å²) in [5, 5.41) is 1.96. The molecule has 104 valence electrons. The number of carbonyl (C=O) groups excluding carboxylic acids is 2. The zero-order valence-electron chi connectivity index (χ0n) is 11.2. The van der Waals surface area contributed by atoms with Crippen molar-refractivity contribution in [2.24, 2.45) is 0 Å². The molecular weight excluding hydrogens is 264 g/mol. The first-order valence-corrected chi connectivity index (χ1v) is 6.70. The normalized spacial score (nSPS) is 11.7. The van der Waals surface area contributed by atoms with Crippen molar-refractivity contribution in [3.63, 3.8) is 0 Å². The smallest absolute Gasteiger partial charge is 0.245 e. The summed E-state index contributed by atoms with van der Waals surface area (Å²) in [5.74, 6) is -0.450. The lowest BCUT2D eigenvalue weighted by molar-refractivity contribution is -0.134. The molecule has 1 unspecified atom stereocenters. The van der Waals surface area contributed by atoms with Gasteiger partial charge in [0.05, 0.1) is 6.54 Å². The largest absolute Gasteiger partial charge is 0.355 e. The lowest BCUT2D eigenvalue weighted by Crippen LogP contribution is -2.39. The number of hydrogen-bond acceptors (Lipinski definition) is 2. The molecule has 5 heteroatoms. The lowest BCUT2D eigenvalue weighted by atomic mass is 10.1. The molecule has 0 spiro atoms. The van der Waals surface area contributed by atoms with E-state index in [9.17, 15) is 9.59 Å². The molecule has 0 aliphatic rings. The molecule has 0 aliphatic carbocycles. The van der Waals surface area contributed by atoms with Crippen LogP contribution in [-0.2, 0) is 9.59 Å². The molecule has 0 saturated carbocycles. The molecule has 0 saturated heterocycles. The third-order valence-corrected chi connectivity index (χ3v) is 3.08. The number of benzene rings is 1. The molecule has 0 radical (unpaired) electrons. The number of carbonyl (C=O) groups is 2. The predicted molar refractivity (Wildman–Crippen MR) is 76.0 cm³/mol. The molecule has 0 aliphatic heterocycles. The molecule has 0 bridgehead atoms. The maximum Gasteiger partial charge on any atom is 0.245 e. The van der Waals surface area contributed by atoms with Crippen LogP contribution in [-0.4, -0.2) is 36.9 Å². The summed E-state index contributed by atoms with van der Waals surface area (Å²) in [6.45, 7) is 2.61. The van der Waals surface area contributed by atoms with Crippen molar-refractivity contribution in [3.05, 3.63) is 35.9 Å². The minimum atomic E-state index is -0.759. The molecular formula is C14H19ClN2O2. The topological polar surface area (TPSA) is 49.4 Å². The maximum atomic E-state index is 12.1. The highest BCUT2D eigenvalue weighted by molar-refractivity contribution is 6.30. The van der Waals surface area contributed by atoms with E-state index >= 15 is 0 Å². The zero-order valence-corrected chi connectivity index (χ0v) is 12.0. The predicted octanol–water partition coefficient (Wildman–Crippen LogP) is 1.95. The van der Waals surface area contributed by atoms with Gasteiger partial charge in [-0.2, -0.15) is 0 Å². The summed E-state index contributed by atoms with van der Waals surface area (Å²) >= 11 is 6.12. The van der Waals surface area contributed by atoms with Crippen molar-refractivity contribution >= 4 is 23.4 Å². The summed E-state index contributed by atoms with van der Waals surface area (Å²) in [4.78, 5) is 24.9. The average Bonchev–Trinajstić information content (AvgIpc) is 2.44. The summed E-state index contributed by atoms with van der Waals surface area (Å²) in [5.41, 5.74) is 0.731. The van der Waals surface area contributed by atoms with Crippen LogP contribution in [0, 0.1) is 0 Å². The van der Waals surface area contributed by atoms with Crippen LogP contribution >= 0.6 is 11.6 Å². The number of nitrogens with zero attached hydrogens (tertiary/aromatic N) is 1. The van der Waals surface area contributed by atoms with Crippen LogP contribution in [0.25, 0.3) is 0 Å². The monoisotopic (exact) mass is 282 g/mol. The fraction of sp³-hybridized carbons (Fsp3) is 0.429. The number of rotatable bonds is 6. The highest BCUT2D eigenvalue weighted by Gasteiger charge is 2.22. The molecule has 1 atom stereocenters. The quantitative estimate of drug-likeness (QED) is 0.811. The molecule has 0 fully saturated rings. The van der Waals surface area contributed by atoms with Crippen molar-refractivity contribution in [3.8, 4) is 0 Å². The van der Waals surface area contributed by atoms with Crippen LogP contribution in [0.2, 0.25) is 0 Å². The van der Waals surface area contributed by atoms with Crippen LogP contribution in [0.5, 0.6) is 0 Å². The van der Waals surface area contributed by atoms with E-state index in [2.05, 4.69) is 5.32 Å². The second kappa shape index (κ2) is 7.79. The van der Waals surface area contributed by atoms with E-state index in [1.165, 1.54) is 4.90 Å². The van der Waals surface area contributed by atoms with Gasteiger partial charge in [0.2, 0.25) is 11.8 Å². The first-order chi connectivity index (χ1) is 9.06. The second-order valence-electron chi connectivity index (χ2n) is 4.32. The van der Waals surface area contributed by atoms with E-state index in [1.807, 2.05) is 25.1 Å². The van der Waals surface area contributed by atoms with Crippen molar-refractivity contribution in [1.82, 2.24) is 10.2 Å². The summed E-state index contributed by atoms with van der Waals surface area (Å²) in [6, 6.07) is 9.10. The van der Waals surface area contributed by atoms with Gasteiger partial charge >= 0.3 is 0 Å². The molecule has 1 aromatic rings. The fourth-order valence-electron chi connectivity index (χ4n) is 1.57. The molecule has 2 amide bonds. The highest BCUT2D eigenvalue weighted by atomic mass is 35.5. The van der Waals surface area contributed by atoms with Gasteiger partial charge in [0.1, 0.15) is 5.38 Å². The van der Waals surface area contributed by atoms with Crippen LogP contribution < -0.4 is 5.32 Å². The maximum absolute atomic E-state index is 12.1. The third kappa shape index (κ3) is 4.91. The molecule has 0 aromatic heterocycles. The van der Waals surface area contributed by atoms with Crippen molar-refractivity contribution < 1.29 is 9.59 Å². The first-order valence-electron chi connectivity index (χ1n) is 6.27. The lowest BCUT2D eigenvalue weighted by Gasteiger charge is -2.20. The zero-order chi connectivity index (χ0) is 14.3. The van der Waals surface area contributed by atoms with Crippen LogP contribution in [0.4, 0.5) is 0 Å². The second-order valence-corrected chi connectivity index (χ2v) is 4.75. The van der Waals surface area contributed by atoms with Gasteiger partial charge in [-0.1, -0.05) is 37.3 Å². The highest BCUT2D eigenvalue weighted by Crippen LogP contribution is 2.21. The van der Waals surface area contributed by atoms with Gasteiger partial charge in [-0.15, -0.1) is 11.6 Å². The minimum Gasteiger partial charge on any atom is -0.355 e. The Morgan fingerprint density at radius 1 is 1.32 bits per heavy atom. The van der Waals surface area contributed by atoms with E-state index < -0.39 is 5.38 Å². The average molecular weight is 283 g/mol. The first kappa shape index (κ1) is 15.5. The standard InChI is InChI=1S/C14H19ClN2O2/c1-3-9-16-12(18)10-17(2)14(19)13(15)11-7-5-4-6-8-11/h4-8,13H,3,9-10H2,1-2H3,(H,16,18). The van der Waals surface area contributed by atoms with E-state index in [0.29, 0.717) is 6.54 Å². The van der Waals surface area contributed by atoms with Gasteiger partial charge in [0, 0.05) is 13.6 Å². The molecule has 1 aromatic carbocycles. The Kier molecular flexibility index (Phi) is 6.36. The van der Waals surface area contributed by atoms with Crippen LogP contribution in [0.1, 0.15) is 24.3 Å². The Morgan fingerprint density at radius 2 is 1.95 bits per heavy atom. The summed E-state index contributed by atoms with van der Waals surface area (Å²) < 4.78 is 0. The third-order valence-electron chi connectivity index (χ3n) is 2.64. The molecule has 0 heterocycles. The molecule has 19 heavy (non-hydrogen) atoms. The van der Waals surface area contributed by atoms with Crippen molar-refractivity contribution in [2.45, 2.75) is 18.7 Å². The number of likely N-dealkylation sites (N-methyl/N-ethyl adjacent to an activating group) is 1. The van der Waals surface area contributed by atoms with Crippen molar-refractivity contribution in [1.29, 1.82) is 0 Å². The number of nitrogens with one attached hydrogen (secondary N) is 1. The van der Waals surface area contributed by atoms with Gasteiger partial charge in [0.25, 0.3) is 0 Å². The van der Waals surface area contributed by atoms with Gasteiger partial charge in [-0.3, -0.25) is 9.59 Å². The van der Waals surface area contributed by atoms with Gasteiger partial charge in [0.15, 0.2) is 0 Å². The number of amides is 2. The SMILES string of the molecule is CCCNC(=O)CN(C)C(=O)C(Cl)c1ccccc1. The van der Waals surface area contributed by atoms with Gasteiger partial charge in [-0.05, 0) is 12.0 Å². The van der Waals surface area contributed by atoms with E-state index in [0.717, 1.165) is 12.0 Å². The van der Waals surface area contributed by atoms with Crippen LogP contribution in [0.3, 0.4) is 0 Å². The Labute approximate surface area is 118 Å². The molecule has 1 rings (SSSR count). The Hall–Kier alpha value is -1.55. The van der Waals surface area contributed by atoms with Gasteiger partial charge in [-0.25, -0.2) is 0 Å².